The fraction of sp³-hybridized carbons (Fsp3) is 0.389. The lowest BCUT2D eigenvalue weighted by Gasteiger charge is -2.18. The third-order valence-electron chi connectivity index (χ3n) is 3.86. The van der Waals surface area contributed by atoms with Crippen molar-refractivity contribution >= 4 is 5.69 Å². The first-order valence-corrected chi connectivity index (χ1v) is 7.70. The van der Waals surface area contributed by atoms with E-state index in [1.54, 1.807) is 0 Å². The van der Waals surface area contributed by atoms with Crippen LogP contribution >= 0.6 is 0 Å². The fourth-order valence-corrected chi connectivity index (χ4v) is 2.76. The van der Waals surface area contributed by atoms with E-state index >= 15 is 0 Å². The van der Waals surface area contributed by atoms with Gasteiger partial charge in [-0.15, -0.1) is 0 Å². The molecule has 3 nitrogen and oxygen atoms in total. The van der Waals surface area contributed by atoms with Gasteiger partial charge in [0.2, 0.25) is 0 Å². The van der Waals surface area contributed by atoms with Crippen molar-refractivity contribution in [1.82, 2.24) is 10.3 Å². The van der Waals surface area contributed by atoms with E-state index < -0.39 is 0 Å². The summed E-state index contributed by atoms with van der Waals surface area (Å²) in [7, 11) is 0. The van der Waals surface area contributed by atoms with E-state index in [1.807, 2.05) is 6.20 Å². The van der Waals surface area contributed by atoms with E-state index in [4.69, 9.17) is 0 Å². The Hall–Kier alpha value is -1.87. The van der Waals surface area contributed by atoms with Crippen molar-refractivity contribution in [2.24, 2.45) is 5.92 Å². The van der Waals surface area contributed by atoms with Gasteiger partial charge in [0.25, 0.3) is 0 Å². The molecule has 1 aliphatic heterocycles. The molecule has 0 fully saturated rings. The van der Waals surface area contributed by atoms with E-state index in [-0.39, 0.29) is 0 Å². The molecule has 0 spiro atoms. The molecule has 2 aromatic rings. The van der Waals surface area contributed by atoms with Crippen LogP contribution in [0.5, 0.6) is 0 Å². The van der Waals surface area contributed by atoms with E-state index in [0.717, 1.165) is 31.9 Å². The van der Waals surface area contributed by atoms with Gasteiger partial charge in [0.1, 0.15) is 0 Å². The number of anilines is 1. The van der Waals surface area contributed by atoms with Crippen LogP contribution in [-0.2, 0) is 19.6 Å². The molecule has 0 unspecified atom stereocenters. The Morgan fingerprint density at radius 1 is 1.14 bits per heavy atom. The van der Waals surface area contributed by atoms with Crippen molar-refractivity contribution in [1.29, 1.82) is 0 Å². The van der Waals surface area contributed by atoms with Crippen molar-refractivity contribution in [2.75, 3.05) is 11.4 Å². The van der Waals surface area contributed by atoms with Gasteiger partial charge in [-0.1, -0.05) is 38.1 Å². The molecule has 0 amide bonds. The van der Waals surface area contributed by atoms with Gasteiger partial charge in [0.05, 0.1) is 5.69 Å². The molecule has 3 rings (SSSR count). The highest BCUT2D eigenvalue weighted by Gasteiger charge is 2.18. The summed E-state index contributed by atoms with van der Waals surface area (Å²) < 4.78 is 0. The van der Waals surface area contributed by atoms with Crippen LogP contribution in [0.4, 0.5) is 5.69 Å². The average Bonchev–Trinajstić information content (AvgIpc) is 2.91. The Balaban J connectivity index is 1.67. The summed E-state index contributed by atoms with van der Waals surface area (Å²) in [5, 5.41) is 3.46. The lowest BCUT2D eigenvalue weighted by Crippen LogP contribution is -2.20. The molecule has 1 aliphatic rings. The molecule has 0 aliphatic carbocycles. The maximum atomic E-state index is 4.47. The number of hydrogen-bond donors (Lipinski definition) is 1. The predicted molar refractivity (Wildman–Crippen MR) is 87.1 cm³/mol. The lowest BCUT2D eigenvalue weighted by atomic mass is 10.1. The molecule has 0 bridgehead atoms. The topological polar surface area (TPSA) is 28.2 Å². The second-order valence-corrected chi connectivity index (χ2v) is 6.15. The minimum absolute atomic E-state index is 0.668. The van der Waals surface area contributed by atoms with Gasteiger partial charge < -0.3 is 10.2 Å². The number of hydrogen-bond acceptors (Lipinski definition) is 3. The molecule has 1 N–H and O–H groups in total. The van der Waals surface area contributed by atoms with Gasteiger partial charge in [-0.25, -0.2) is 0 Å². The smallest absolute Gasteiger partial charge is 0.0562 e. The minimum Gasteiger partial charge on any atom is -0.363 e. The second kappa shape index (κ2) is 6.27. The normalized spacial score (nSPS) is 13.8. The first kappa shape index (κ1) is 14.1. The summed E-state index contributed by atoms with van der Waals surface area (Å²) in [5.74, 6) is 0.668. The number of fused-ring (bicyclic) bond motifs is 1. The predicted octanol–water partition coefficient (Wildman–Crippen LogP) is 3.35. The van der Waals surface area contributed by atoms with Gasteiger partial charge in [0, 0.05) is 31.5 Å². The molecule has 0 saturated heterocycles. The highest BCUT2D eigenvalue weighted by Crippen LogP contribution is 2.27. The van der Waals surface area contributed by atoms with Gasteiger partial charge in [0.15, 0.2) is 0 Å². The number of aromatic nitrogens is 1. The first-order valence-electron chi connectivity index (χ1n) is 7.70. The zero-order chi connectivity index (χ0) is 14.7. The zero-order valence-corrected chi connectivity index (χ0v) is 12.8. The molecule has 2 heterocycles. The number of nitrogens with zero attached hydrogens (tertiary/aromatic N) is 2. The van der Waals surface area contributed by atoms with Crippen LogP contribution in [0.2, 0.25) is 0 Å². The van der Waals surface area contributed by atoms with Crippen LogP contribution in [0, 0.1) is 5.92 Å². The van der Waals surface area contributed by atoms with Gasteiger partial charge in [-0.2, -0.15) is 0 Å². The Bertz CT molecular complexity index is 582. The molecule has 1 aromatic heterocycles. The molecule has 0 saturated carbocycles. The Morgan fingerprint density at radius 3 is 2.52 bits per heavy atom. The molecule has 1 aromatic carbocycles. The maximum absolute atomic E-state index is 4.47. The zero-order valence-electron chi connectivity index (χ0n) is 12.8. The van der Waals surface area contributed by atoms with Gasteiger partial charge in [-0.05, 0) is 35.7 Å². The summed E-state index contributed by atoms with van der Waals surface area (Å²) in [6.07, 6.45) is 1.92. The van der Waals surface area contributed by atoms with Crippen molar-refractivity contribution < 1.29 is 0 Å². The highest BCUT2D eigenvalue weighted by atomic mass is 15.1. The number of nitrogens with one attached hydrogen (secondary N) is 1. The minimum atomic E-state index is 0.668. The average molecular weight is 281 g/mol. The van der Waals surface area contributed by atoms with E-state index in [9.17, 15) is 0 Å². The third-order valence-corrected chi connectivity index (χ3v) is 3.86. The second-order valence-electron chi connectivity index (χ2n) is 6.15. The van der Waals surface area contributed by atoms with Crippen LogP contribution in [-0.4, -0.2) is 11.5 Å². The molecule has 110 valence electrons. The van der Waals surface area contributed by atoms with Crippen LogP contribution < -0.4 is 10.2 Å². The third kappa shape index (κ3) is 3.42. The molecule has 0 radical (unpaired) electrons. The highest BCUT2D eigenvalue weighted by molar-refractivity contribution is 5.51. The molecule has 0 atom stereocenters. The largest absolute Gasteiger partial charge is 0.363 e. The lowest BCUT2D eigenvalue weighted by molar-refractivity contribution is 0.548. The summed E-state index contributed by atoms with van der Waals surface area (Å²) in [6, 6.07) is 13.0. The van der Waals surface area contributed by atoms with Crippen molar-refractivity contribution in [3.8, 4) is 0 Å². The number of rotatable bonds is 5. The van der Waals surface area contributed by atoms with Crippen molar-refractivity contribution in [3.63, 3.8) is 0 Å². The fourth-order valence-electron chi connectivity index (χ4n) is 2.76. The van der Waals surface area contributed by atoms with Crippen LogP contribution in [0.25, 0.3) is 0 Å². The Labute approximate surface area is 127 Å². The van der Waals surface area contributed by atoms with Gasteiger partial charge >= 0.3 is 0 Å². The van der Waals surface area contributed by atoms with Crippen LogP contribution in [0.15, 0.2) is 42.6 Å². The summed E-state index contributed by atoms with van der Waals surface area (Å²) in [5.41, 5.74) is 5.26. The molecule has 3 heteroatoms. The molecular weight excluding hydrogens is 258 g/mol. The monoisotopic (exact) mass is 281 g/mol. The van der Waals surface area contributed by atoms with Gasteiger partial charge in [-0.3, -0.25) is 4.98 Å². The maximum Gasteiger partial charge on any atom is 0.0562 e. The van der Waals surface area contributed by atoms with Crippen LogP contribution in [0.1, 0.15) is 30.7 Å². The standard InChI is InChI=1S/C18H23N3/c1-14(2)10-19-11-17-9-18(7-8-20-17)21-12-15-5-3-4-6-16(15)13-21/h3-9,14,19H,10-13H2,1-2H3. The van der Waals surface area contributed by atoms with Crippen molar-refractivity contribution in [3.05, 3.63) is 59.4 Å². The summed E-state index contributed by atoms with van der Waals surface area (Å²) >= 11 is 0. The molecular formula is C18H23N3. The number of pyridine rings is 1. The SMILES string of the molecule is CC(C)CNCc1cc(N2Cc3ccccc3C2)ccn1. The summed E-state index contributed by atoms with van der Waals surface area (Å²) in [6.45, 7) is 8.31. The Morgan fingerprint density at radius 2 is 1.86 bits per heavy atom. The van der Waals surface area contributed by atoms with E-state index in [2.05, 4.69) is 65.4 Å². The molecule has 21 heavy (non-hydrogen) atoms. The number of benzene rings is 1. The Kier molecular flexibility index (Phi) is 4.20. The first-order chi connectivity index (χ1) is 10.2. The van der Waals surface area contributed by atoms with Crippen LogP contribution in [0.3, 0.4) is 0 Å². The van der Waals surface area contributed by atoms with E-state index in [0.29, 0.717) is 5.92 Å². The summed E-state index contributed by atoms with van der Waals surface area (Å²) in [4.78, 5) is 6.88. The van der Waals surface area contributed by atoms with Crippen molar-refractivity contribution in [2.45, 2.75) is 33.5 Å². The van der Waals surface area contributed by atoms with E-state index in [1.165, 1.54) is 16.8 Å². The quantitative estimate of drug-likeness (QED) is 0.911.